The van der Waals surface area contributed by atoms with E-state index in [-0.39, 0.29) is 0 Å². The normalized spacial score (nSPS) is 11.6. The molecule has 0 saturated carbocycles. The van der Waals surface area contributed by atoms with Crippen LogP contribution in [0.2, 0.25) is 0 Å². The molecule has 0 atom stereocenters. The molecule has 0 saturated heterocycles. The van der Waals surface area contributed by atoms with Gasteiger partial charge >= 0.3 is 0 Å². The van der Waals surface area contributed by atoms with Gasteiger partial charge in [0.2, 0.25) is 0 Å². The first-order valence-corrected chi connectivity index (χ1v) is 9.62. The minimum Gasteiger partial charge on any atom is -0.361 e. The molecule has 1 aromatic carbocycles. The van der Waals surface area contributed by atoms with E-state index in [2.05, 4.69) is 65.1 Å². The zero-order valence-electron chi connectivity index (χ0n) is 13.1. The highest BCUT2D eigenvalue weighted by atomic mass is 32.2. The number of thioether (sulfide) groups is 1. The van der Waals surface area contributed by atoms with Crippen molar-refractivity contribution >= 4 is 34.0 Å². The molecule has 3 rings (SSSR count). The van der Waals surface area contributed by atoms with Crippen molar-refractivity contribution in [1.82, 2.24) is 9.88 Å². The van der Waals surface area contributed by atoms with Crippen LogP contribution in [0.3, 0.4) is 0 Å². The number of likely N-dealkylation sites (N-methyl/N-ethyl adjacent to an activating group) is 1. The van der Waals surface area contributed by atoms with Gasteiger partial charge in [-0.1, -0.05) is 13.0 Å². The molecule has 1 N–H and O–H groups in total. The molecular weight excluding hydrogens is 308 g/mol. The predicted octanol–water partition coefficient (Wildman–Crippen LogP) is 5.02. The maximum Gasteiger partial charge on any atom is 0.0468 e. The van der Waals surface area contributed by atoms with Crippen molar-refractivity contribution in [1.29, 1.82) is 0 Å². The quantitative estimate of drug-likeness (QED) is 0.614. The number of aromatic amines is 1. The van der Waals surface area contributed by atoms with Crippen molar-refractivity contribution < 1.29 is 0 Å². The Bertz CT molecular complexity index is 716. The highest BCUT2D eigenvalue weighted by Crippen LogP contribution is 2.33. The van der Waals surface area contributed by atoms with Crippen LogP contribution in [0, 0.1) is 0 Å². The van der Waals surface area contributed by atoms with E-state index < -0.39 is 0 Å². The van der Waals surface area contributed by atoms with Crippen LogP contribution in [-0.4, -0.2) is 30.0 Å². The van der Waals surface area contributed by atoms with E-state index in [0.29, 0.717) is 0 Å². The molecule has 2 heterocycles. The van der Waals surface area contributed by atoms with Gasteiger partial charge in [0, 0.05) is 34.3 Å². The fraction of sp³-hybridized carbons (Fsp3) is 0.333. The smallest absolute Gasteiger partial charge is 0.0468 e. The Labute approximate surface area is 140 Å². The molecule has 116 valence electrons. The van der Waals surface area contributed by atoms with Crippen LogP contribution >= 0.6 is 23.1 Å². The van der Waals surface area contributed by atoms with Gasteiger partial charge in [0.25, 0.3) is 0 Å². The summed E-state index contributed by atoms with van der Waals surface area (Å²) in [4.78, 5) is 7.18. The van der Waals surface area contributed by atoms with Crippen LogP contribution in [0.25, 0.3) is 10.9 Å². The standard InChI is InChI=1S/C18H22N2S2/c1-3-20(2)9-7-15-11-19-16-5-4-6-17(18(15)16)22-13-14-8-10-21-12-14/h4-6,8,10-12,19H,3,7,9,13H2,1-2H3. The molecule has 4 heteroatoms. The molecule has 3 aromatic rings. The number of hydrogen-bond acceptors (Lipinski definition) is 3. The molecular formula is C18H22N2S2. The molecule has 2 aromatic heterocycles. The van der Waals surface area contributed by atoms with Crippen LogP contribution in [-0.2, 0) is 12.2 Å². The third-order valence-electron chi connectivity index (χ3n) is 4.03. The van der Waals surface area contributed by atoms with E-state index >= 15 is 0 Å². The third-order valence-corrected chi connectivity index (χ3v) is 5.89. The highest BCUT2D eigenvalue weighted by Gasteiger charge is 2.10. The molecule has 0 fully saturated rings. The summed E-state index contributed by atoms with van der Waals surface area (Å²) >= 11 is 3.71. The van der Waals surface area contributed by atoms with E-state index in [1.54, 1.807) is 11.3 Å². The van der Waals surface area contributed by atoms with E-state index in [1.807, 2.05) is 11.8 Å². The predicted molar refractivity (Wildman–Crippen MR) is 99.1 cm³/mol. The van der Waals surface area contributed by atoms with Crippen molar-refractivity contribution in [3.63, 3.8) is 0 Å². The first kappa shape index (κ1) is 15.7. The topological polar surface area (TPSA) is 19.0 Å². The maximum absolute atomic E-state index is 3.43. The molecule has 2 nitrogen and oxygen atoms in total. The average molecular weight is 331 g/mol. The second-order valence-electron chi connectivity index (χ2n) is 5.56. The van der Waals surface area contributed by atoms with Gasteiger partial charge in [-0.05, 0) is 60.1 Å². The van der Waals surface area contributed by atoms with Gasteiger partial charge in [-0.25, -0.2) is 0 Å². The molecule has 0 spiro atoms. The lowest BCUT2D eigenvalue weighted by Gasteiger charge is -2.13. The Morgan fingerprint density at radius 3 is 2.95 bits per heavy atom. The van der Waals surface area contributed by atoms with Crippen LogP contribution in [0.4, 0.5) is 0 Å². The molecule has 0 aliphatic rings. The van der Waals surface area contributed by atoms with E-state index in [1.165, 1.54) is 26.9 Å². The summed E-state index contributed by atoms with van der Waals surface area (Å²) in [6.45, 7) is 4.41. The van der Waals surface area contributed by atoms with Crippen molar-refractivity contribution in [3.8, 4) is 0 Å². The Hall–Kier alpha value is -1.23. The molecule has 0 aliphatic carbocycles. The number of aromatic nitrogens is 1. The Morgan fingerprint density at radius 2 is 2.18 bits per heavy atom. The average Bonchev–Trinajstić information content (AvgIpc) is 3.20. The number of nitrogens with zero attached hydrogens (tertiary/aromatic N) is 1. The van der Waals surface area contributed by atoms with Gasteiger partial charge < -0.3 is 9.88 Å². The fourth-order valence-electron chi connectivity index (χ4n) is 2.54. The molecule has 0 radical (unpaired) electrons. The second kappa shape index (κ2) is 7.36. The van der Waals surface area contributed by atoms with Crippen LogP contribution in [0.1, 0.15) is 18.1 Å². The summed E-state index contributed by atoms with van der Waals surface area (Å²) in [6, 6.07) is 8.79. The molecule has 0 bridgehead atoms. The number of nitrogens with one attached hydrogen (secondary N) is 1. The minimum atomic E-state index is 1.04. The minimum absolute atomic E-state index is 1.04. The summed E-state index contributed by atoms with van der Waals surface area (Å²) in [5, 5.41) is 5.80. The van der Waals surface area contributed by atoms with Gasteiger partial charge in [0.1, 0.15) is 0 Å². The van der Waals surface area contributed by atoms with Crippen LogP contribution in [0.15, 0.2) is 46.1 Å². The van der Waals surface area contributed by atoms with Gasteiger partial charge in [-0.2, -0.15) is 11.3 Å². The highest BCUT2D eigenvalue weighted by molar-refractivity contribution is 7.98. The van der Waals surface area contributed by atoms with E-state index in [0.717, 1.165) is 25.3 Å². The van der Waals surface area contributed by atoms with Crippen molar-refractivity contribution in [2.45, 2.75) is 24.0 Å². The Balaban J connectivity index is 1.81. The van der Waals surface area contributed by atoms with E-state index in [9.17, 15) is 0 Å². The SMILES string of the molecule is CCN(C)CCc1c[nH]c2cccc(SCc3ccsc3)c12. The molecule has 0 amide bonds. The zero-order chi connectivity index (χ0) is 15.4. The van der Waals surface area contributed by atoms with Gasteiger partial charge in [0.15, 0.2) is 0 Å². The van der Waals surface area contributed by atoms with Crippen LogP contribution < -0.4 is 0 Å². The summed E-state index contributed by atoms with van der Waals surface area (Å²) in [5.41, 5.74) is 4.10. The Kier molecular flexibility index (Phi) is 5.24. The van der Waals surface area contributed by atoms with Crippen molar-refractivity contribution in [2.24, 2.45) is 0 Å². The Morgan fingerprint density at radius 1 is 1.27 bits per heavy atom. The van der Waals surface area contributed by atoms with Gasteiger partial charge in [-0.15, -0.1) is 11.8 Å². The third kappa shape index (κ3) is 3.57. The number of H-pyrrole nitrogens is 1. The summed E-state index contributed by atoms with van der Waals surface area (Å²) in [6.07, 6.45) is 3.28. The van der Waals surface area contributed by atoms with E-state index in [4.69, 9.17) is 0 Å². The summed E-state index contributed by atoms with van der Waals surface area (Å²) in [7, 11) is 2.18. The molecule has 0 unspecified atom stereocenters. The summed E-state index contributed by atoms with van der Waals surface area (Å²) in [5.74, 6) is 1.04. The van der Waals surface area contributed by atoms with Gasteiger partial charge in [-0.3, -0.25) is 0 Å². The number of thiophene rings is 1. The lowest BCUT2D eigenvalue weighted by atomic mass is 10.1. The fourth-order valence-corrected chi connectivity index (χ4v) is 4.38. The monoisotopic (exact) mass is 330 g/mol. The largest absolute Gasteiger partial charge is 0.361 e. The number of benzene rings is 1. The lowest BCUT2D eigenvalue weighted by Crippen LogP contribution is -2.20. The molecule has 22 heavy (non-hydrogen) atoms. The maximum atomic E-state index is 3.43. The molecule has 0 aliphatic heterocycles. The number of rotatable bonds is 7. The van der Waals surface area contributed by atoms with Crippen molar-refractivity contribution in [2.75, 3.05) is 20.1 Å². The zero-order valence-corrected chi connectivity index (χ0v) is 14.8. The lowest BCUT2D eigenvalue weighted by molar-refractivity contribution is 0.358. The van der Waals surface area contributed by atoms with Crippen LogP contribution in [0.5, 0.6) is 0 Å². The first-order valence-electron chi connectivity index (χ1n) is 7.69. The number of fused-ring (bicyclic) bond motifs is 1. The van der Waals surface area contributed by atoms with Crippen molar-refractivity contribution in [3.05, 3.63) is 52.3 Å². The number of hydrogen-bond donors (Lipinski definition) is 1. The first-order chi connectivity index (χ1) is 10.8. The second-order valence-corrected chi connectivity index (χ2v) is 7.36. The van der Waals surface area contributed by atoms with Gasteiger partial charge in [0.05, 0.1) is 0 Å². The summed E-state index contributed by atoms with van der Waals surface area (Å²) < 4.78 is 0.